The maximum Gasteiger partial charge on any atom is 0.253 e. The van der Waals surface area contributed by atoms with Crippen LogP contribution in [-0.4, -0.2) is 48.4 Å². The van der Waals surface area contributed by atoms with Crippen molar-refractivity contribution in [3.8, 4) is 5.75 Å². The van der Waals surface area contributed by atoms with E-state index >= 15 is 0 Å². The van der Waals surface area contributed by atoms with E-state index in [1.165, 1.54) is 0 Å². The summed E-state index contributed by atoms with van der Waals surface area (Å²) in [5.74, 6) is 0.735. The van der Waals surface area contributed by atoms with Gasteiger partial charge in [-0.05, 0) is 48.7 Å². The number of halogens is 1. The van der Waals surface area contributed by atoms with Crippen LogP contribution in [0, 0.1) is 5.41 Å². The number of amides is 2. The van der Waals surface area contributed by atoms with Gasteiger partial charge < -0.3 is 14.5 Å². The van der Waals surface area contributed by atoms with Crippen molar-refractivity contribution >= 4 is 23.4 Å². The van der Waals surface area contributed by atoms with Gasteiger partial charge in [-0.15, -0.1) is 0 Å². The minimum Gasteiger partial charge on any atom is -0.493 e. The molecule has 1 heterocycles. The first-order chi connectivity index (χ1) is 16.9. The molecule has 3 aromatic carbocycles. The van der Waals surface area contributed by atoms with Gasteiger partial charge in [-0.2, -0.15) is 0 Å². The first-order valence-corrected chi connectivity index (χ1v) is 12.3. The minimum absolute atomic E-state index is 0.0440. The molecule has 2 amide bonds. The number of ether oxygens (including phenoxy) is 1. The molecule has 1 fully saturated rings. The lowest BCUT2D eigenvalue weighted by molar-refractivity contribution is -0.134. The molecule has 0 unspecified atom stereocenters. The Hall–Kier alpha value is -3.31. The van der Waals surface area contributed by atoms with Crippen molar-refractivity contribution in [1.82, 2.24) is 9.80 Å². The number of hydrogen-bond donors (Lipinski definition) is 0. The summed E-state index contributed by atoms with van der Waals surface area (Å²) in [6.07, 6.45) is 1.92. The normalized spacial score (nSPS) is 17.6. The van der Waals surface area contributed by atoms with E-state index in [2.05, 4.69) is 0 Å². The Bertz CT molecular complexity index is 1140. The van der Waals surface area contributed by atoms with Crippen LogP contribution in [-0.2, 0) is 11.3 Å². The summed E-state index contributed by atoms with van der Waals surface area (Å²) < 4.78 is 6.17. The van der Waals surface area contributed by atoms with Crippen LogP contribution in [0.15, 0.2) is 84.9 Å². The molecule has 1 aliphatic rings. The molecule has 1 saturated heterocycles. The van der Waals surface area contributed by atoms with Gasteiger partial charge in [0.15, 0.2) is 0 Å². The highest BCUT2D eigenvalue weighted by Crippen LogP contribution is 2.36. The maximum atomic E-state index is 13.4. The number of rotatable bonds is 8. The predicted octanol–water partition coefficient (Wildman–Crippen LogP) is 5.69. The third kappa shape index (κ3) is 6.64. The summed E-state index contributed by atoms with van der Waals surface area (Å²) in [5.41, 5.74) is 1.16. The lowest BCUT2D eigenvalue weighted by Gasteiger charge is -2.43. The van der Waals surface area contributed by atoms with Crippen molar-refractivity contribution < 1.29 is 14.3 Å². The van der Waals surface area contributed by atoms with E-state index < -0.39 is 5.41 Å². The molecule has 0 saturated carbocycles. The first kappa shape index (κ1) is 24.8. The van der Waals surface area contributed by atoms with Crippen LogP contribution < -0.4 is 4.74 Å². The van der Waals surface area contributed by atoms with Crippen LogP contribution in [0.5, 0.6) is 5.75 Å². The van der Waals surface area contributed by atoms with Crippen LogP contribution in [0.25, 0.3) is 0 Å². The summed E-state index contributed by atoms with van der Waals surface area (Å²) in [6.45, 7) is 2.00. The Morgan fingerprint density at radius 1 is 1.00 bits per heavy atom. The highest BCUT2D eigenvalue weighted by atomic mass is 35.5. The third-order valence-corrected chi connectivity index (χ3v) is 6.76. The zero-order valence-electron chi connectivity index (χ0n) is 20.0. The zero-order chi connectivity index (χ0) is 24.7. The molecule has 1 atom stereocenters. The van der Waals surface area contributed by atoms with E-state index in [0.717, 1.165) is 24.2 Å². The molecule has 4 rings (SSSR count). The van der Waals surface area contributed by atoms with E-state index in [9.17, 15) is 9.59 Å². The van der Waals surface area contributed by atoms with Crippen LogP contribution >= 0.6 is 11.6 Å². The quantitative estimate of drug-likeness (QED) is 0.407. The summed E-state index contributed by atoms with van der Waals surface area (Å²) in [7, 11) is 1.83. The number of likely N-dealkylation sites (tertiary alicyclic amines) is 1. The Morgan fingerprint density at radius 2 is 1.71 bits per heavy atom. The van der Waals surface area contributed by atoms with Gasteiger partial charge >= 0.3 is 0 Å². The van der Waals surface area contributed by atoms with Crippen LogP contribution in [0.3, 0.4) is 0 Å². The molecule has 0 spiro atoms. The molecule has 35 heavy (non-hydrogen) atoms. The lowest BCUT2D eigenvalue weighted by atomic mass is 9.77. The number of benzene rings is 3. The molecular formula is C29H31ClN2O3. The standard InChI is InChI=1S/C29H31ClN2O3/c1-31(20-23-10-4-2-5-11-23)27(33)19-29(22-35-26-14-6-3-7-15-26)16-9-17-32(21-29)28(34)24-12-8-13-25(30)18-24/h2-8,10-15,18H,9,16-17,19-22H2,1H3/t29-/m1/s1. The Balaban J connectivity index is 1.52. The van der Waals surface area contributed by atoms with E-state index in [1.54, 1.807) is 29.2 Å². The lowest BCUT2D eigenvalue weighted by Crippen LogP contribution is -2.50. The fourth-order valence-electron chi connectivity index (χ4n) is 4.65. The second-order valence-corrected chi connectivity index (χ2v) is 9.79. The number of nitrogens with zero attached hydrogens (tertiary/aromatic N) is 2. The summed E-state index contributed by atoms with van der Waals surface area (Å²) in [6, 6.07) is 26.6. The number of carbonyl (C=O) groups is 2. The summed E-state index contributed by atoms with van der Waals surface area (Å²) in [5, 5.41) is 0.532. The SMILES string of the molecule is CN(Cc1ccccc1)C(=O)C[C@]1(COc2ccccc2)CCCN(C(=O)c2cccc(Cl)c2)C1. The van der Waals surface area contributed by atoms with Crippen LogP contribution in [0.1, 0.15) is 35.2 Å². The van der Waals surface area contributed by atoms with Gasteiger partial charge in [-0.3, -0.25) is 9.59 Å². The Labute approximate surface area is 212 Å². The Morgan fingerprint density at radius 3 is 2.43 bits per heavy atom. The number of hydrogen-bond acceptors (Lipinski definition) is 3. The van der Waals surface area contributed by atoms with Crippen molar-refractivity contribution in [2.24, 2.45) is 5.41 Å². The second-order valence-electron chi connectivity index (χ2n) is 9.35. The molecule has 0 aromatic heterocycles. The van der Waals surface area contributed by atoms with Gasteiger partial charge in [0.2, 0.25) is 5.91 Å². The fourth-order valence-corrected chi connectivity index (χ4v) is 4.84. The fraction of sp³-hybridized carbons (Fsp3) is 0.310. The Kier molecular flexibility index (Phi) is 8.09. The summed E-state index contributed by atoms with van der Waals surface area (Å²) >= 11 is 6.13. The maximum absolute atomic E-state index is 13.4. The molecule has 0 bridgehead atoms. The second kappa shape index (κ2) is 11.4. The van der Waals surface area contributed by atoms with E-state index in [-0.39, 0.29) is 11.8 Å². The van der Waals surface area contributed by atoms with Crippen molar-refractivity contribution in [1.29, 1.82) is 0 Å². The molecule has 182 valence electrons. The van der Waals surface area contributed by atoms with Crippen LogP contribution in [0.4, 0.5) is 0 Å². The molecule has 0 N–H and O–H groups in total. The first-order valence-electron chi connectivity index (χ1n) is 11.9. The average Bonchev–Trinajstić information content (AvgIpc) is 2.88. The van der Waals surface area contributed by atoms with E-state index in [0.29, 0.717) is 43.2 Å². The molecule has 1 aliphatic heterocycles. The van der Waals surface area contributed by atoms with Crippen molar-refractivity contribution in [2.45, 2.75) is 25.8 Å². The predicted molar refractivity (Wildman–Crippen MR) is 138 cm³/mol. The largest absolute Gasteiger partial charge is 0.493 e. The molecule has 5 nitrogen and oxygen atoms in total. The molecule has 0 radical (unpaired) electrons. The van der Waals surface area contributed by atoms with Crippen molar-refractivity contribution in [2.75, 3.05) is 26.7 Å². The number of para-hydroxylation sites is 1. The van der Waals surface area contributed by atoms with Gasteiger partial charge in [0, 0.05) is 49.1 Å². The zero-order valence-corrected chi connectivity index (χ0v) is 20.8. The van der Waals surface area contributed by atoms with Gasteiger partial charge in [0.05, 0.1) is 6.61 Å². The highest BCUT2D eigenvalue weighted by Gasteiger charge is 2.40. The third-order valence-electron chi connectivity index (χ3n) is 6.52. The topological polar surface area (TPSA) is 49.9 Å². The van der Waals surface area contributed by atoms with Crippen LogP contribution in [0.2, 0.25) is 5.02 Å². The van der Waals surface area contributed by atoms with Gasteiger partial charge in [-0.25, -0.2) is 0 Å². The highest BCUT2D eigenvalue weighted by molar-refractivity contribution is 6.30. The smallest absolute Gasteiger partial charge is 0.253 e. The molecular weight excluding hydrogens is 460 g/mol. The van der Waals surface area contributed by atoms with Crippen molar-refractivity contribution in [3.63, 3.8) is 0 Å². The van der Waals surface area contributed by atoms with E-state index in [1.807, 2.05) is 72.6 Å². The molecule has 3 aromatic rings. The monoisotopic (exact) mass is 490 g/mol. The van der Waals surface area contributed by atoms with Gasteiger partial charge in [0.25, 0.3) is 5.91 Å². The van der Waals surface area contributed by atoms with Gasteiger partial charge in [0.1, 0.15) is 5.75 Å². The minimum atomic E-state index is -0.482. The van der Waals surface area contributed by atoms with Gasteiger partial charge in [-0.1, -0.05) is 66.2 Å². The average molecular weight is 491 g/mol. The van der Waals surface area contributed by atoms with Crippen molar-refractivity contribution in [3.05, 3.63) is 101 Å². The number of piperidine rings is 1. The summed E-state index contributed by atoms with van der Waals surface area (Å²) in [4.78, 5) is 30.3. The molecule has 0 aliphatic carbocycles. The van der Waals surface area contributed by atoms with E-state index in [4.69, 9.17) is 16.3 Å². The number of carbonyl (C=O) groups excluding carboxylic acids is 2. The molecule has 6 heteroatoms.